The highest BCUT2D eigenvalue weighted by molar-refractivity contribution is 5.22. The molecule has 0 amide bonds. The first-order chi connectivity index (χ1) is 7.98. The highest BCUT2D eigenvalue weighted by Crippen LogP contribution is 2.30. The number of aryl methyl sites for hydroxylation is 1. The molecule has 1 rings (SSSR count). The van der Waals surface area contributed by atoms with E-state index < -0.39 is 0 Å². The van der Waals surface area contributed by atoms with E-state index >= 15 is 0 Å². The third kappa shape index (κ3) is 3.55. The van der Waals surface area contributed by atoms with Crippen LogP contribution in [0.2, 0.25) is 0 Å². The molecule has 0 saturated heterocycles. The third-order valence-corrected chi connectivity index (χ3v) is 3.13. The summed E-state index contributed by atoms with van der Waals surface area (Å²) in [5.74, 6) is 0.857. The lowest BCUT2D eigenvalue weighted by atomic mass is 9.82. The number of aromatic nitrogens is 3. The Morgan fingerprint density at radius 2 is 2.24 bits per heavy atom. The zero-order valence-corrected chi connectivity index (χ0v) is 11.4. The monoisotopic (exact) mass is 233 g/mol. The molecule has 0 radical (unpaired) electrons. The lowest BCUT2D eigenvalue weighted by Crippen LogP contribution is -2.22. The largest absolute Gasteiger partial charge is 0.256 e. The molecule has 3 heteroatoms. The SMILES string of the molecule is C=C(CCC/C=C\C)C(C)(C)c1ncn(C)n1. The Labute approximate surface area is 104 Å². The Kier molecular flexibility index (Phi) is 4.67. The predicted molar refractivity (Wildman–Crippen MR) is 71.8 cm³/mol. The summed E-state index contributed by atoms with van der Waals surface area (Å²) >= 11 is 0. The molecule has 0 aliphatic carbocycles. The maximum absolute atomic E-state index is 4.38. The van der Waals surface area contributed by atoms with Gasteiger partial charge in [-0.25, -0.2) is 4.98 Å². The molecule has 94 valence electrons. The smallest absolute Gasteiger partial charge is 0.160 e. The summed E-state index contributed by atoms with van der Waals surface area (Å²) in [5, 5.41) is 4.38. The van der Waals surface area contributed by atoms with Gasteiger partial charge in [0.25, 0.3) is 0 Å². The van der Waals surface area contributed by atoms with E-state index in [2.05, 4.69) is 49.6 Å². The maximum atomic E-state index is 4.38. The first kappa shape index (κ1) is 13.7. The first-order valence-corrected chi connectivity index (χ1v) is 6.14. The minimum atomic E-state index is -0.142. The van der Waals surface area contributed by atoms with Crippen LogP contribution in [0.5, 0.6) is 0 Å². The number of allylic oxidation sites excluding steroid dienone is 3. The van der Waals surface area contributed by atoms with Gasteiger partial charge >= 0.3 is 0 Å². The molecule has 0 N–H and O–H groups in total. The quantitative estimate of drug-likeness (QED) is 0.557. The molecule has 0 aromatic carbocycles. The van der Waals surface area contributed by atoms with E-state index in [0.29, 0.717) is 0 Å². The Hall–Kier alpha value is -1.38. The summed E-state index contributed by atoms with van der Waals surface area (Å²) in [6.07, 6.45) is 9.30. The fraction of sp³-hybridized carbons (Fsp3) is 0.571. The van der Waals surface area contributed by atoms with Crippen LogP contribution in [0.25, 0.3) is 0 Å². The highest BCUT2D eigenvalue weighted by atomic mass is 15.3. The van der Waals surface area contributed by atoms with Crippen LogP contribution in [0, 0.1) is 0 Å². The van der Waals surface area contributed by atoms with Gasteiger partial charge in [0.1, 0.15) is 6.33 Å². The fourth-order valence-electron chi connectivity index (χ4n) is 1.70. The molecule has 1 aromatic heterocycles. The number of hydrogen-bond acceptors (Lipinski definition) is 2. The van der Waals surface area contributed by atoms with E-state index in [-0.39, 0.29) is 5.41 Å². The molecule has 0 spiro atoms. The van der Waals surface area contributed by atoms with Gasteiger partial charge in [-0.3, -0.25) is 4.68 Å². The Bertz CT molecular complexity index is 399. The van der Waals surface area contributed by atoms with Crippen molar-refractivity contribution in [1.82, 2.24) is 14.8 Å². The molecule has 0 unspecified atom stereocenters. The summed E-state index contributed by atoms with van der Waals surface area (Å²) in [5.41, 5.74) is 1.06. The summed E-state index contributed by atoms with van der Waals surface area (Å²) in [7, 11) is 1.89. The van der Waals surface area contributed by atoms with Crippen LogP contribution >= 0.6 is 0 Å². The Morgan fingerprint density at radius 1 is 1.53 bits per heavy atom. The van der Waals surface area contributed by atoms with Gasteiger partial charge in [-0.1, -0.05) is 24.3 Å². The molecule has 17 heavy (non-hydrogen) atoms. The average molecular weight is 233 g/mol. The number of rotatable bonds is 6. The van der Waals surface area contributed by atoms with Crippen molar-refractivity contribution >= 4 is 0 Å². The van der Waals surface area contributed by atoms with Crippen molar-refractivity contribution in [2.75, 3.05) is 0 Å². The molecule has 0 atom stereocenters. The molecule has 0 saturated carbocycles. The molecule has 0 aliphatic heterocycles. The van der Waals surface area contributed by atoms with Gasteiger partial charge in [0.15, 0.2) is 5.82 Å². The highest BCUT2D eigenvalue weighted by Gasteiger charge is 2.27. The summed E-state index contributed by atoms with van der Waals surface area (Å²) in [6, 6.07) is 0. The van der Waals surface area contributed by atoms with E-state index in [1.165, 1.54) is 5.57 Å². The third-order valence-electron chi connectivity index (χ3n) is 3.13. The van der Waals surface area contributed by atoms with E-state index in [1.54, 1.807) is 11.0 Å². The molecular weight excluding hydrogens is 210 g/mol. The minimum absolute atomic E-state index is 0.142. The van der Waals surface area contributed by atoms with Crippen molar-refractivity contribution in [2.24, 2.45) is 7.05 Å². The van der Waals surface area contributed by atoms with Crippen LogP contribution in [0.4, 0.5) is 0 Å². The van der Waals surface area contributed by atoms with Crippen molar-refractivity contribution in [3.05, 3.63) is 36.5 Å². The normalized spacial score (nSPS) is 12.2. The second-order valence-electron chi connectivity index (χ2n) is 4.93. The van der Waals surface area contributed by atoms with Crippen molar-refractivity contribution in [3.8, 4) is 0 Å². The minimum Gasteiger partial charge on any atom is -0.256 e. The van der Waals surface area contributed by atoms with Gasteiger partial charge in [-0.05, 0) is 40.0 Å². The van der Waals surface area contributed by atoms with Crippen molar-refractivity contribution in [3.63, 3.8) is 0 Å². The molecular formula is C14H23N3. The van der Waals surface area contributed by atoms with Crippen LogP contribution in [0.1, 0.15) is 45.9 Å². The standard InChI is InChI=1S/C14H23N3/c1-6-7-8-9-10-12(2)14(3,4)13-15-11-17(5)16-13/h6-7,11H,2,8-10H2,1,3-5H3/b7-6-. The fourth-order valence-corrected chi connectivity index (χ4v) is 1.70. The maximum Gasteiger partial charge on any atom is 0.160 e. The average Bonchev–Trinajstić information content (AvgIpc) is 2.71. The molecule has 0 bridgehead atoms. The number of unbranched alkanes of at least 4 members (excludes halogenated alkanes) is 1. The molecule has 1 heterocycles. The van der Waals surface area contributed by atoms with Crippen LogP contribution in [-0.4, -0.2) is 14.8 Å². The van der Waals surface area contributed by atoms with Crippen LogP contribution < -0.4 is 0 Å². The van der Waals surface area contributed by atoms with E-state index in [4.69, 9.17) is 0 Å². The zero-order valence-electron chi connectivity index (χ0n) is 11.4. The van der Waals surface area contributed by atoms with Gasteiger partial charge in [-0.15, -0.1) is 0 Å². The number of hydrogen-bond donors (Lipinski definition) is 0. The van der Waals surface area contributed by atoms with E-state index in [0.717, 1.165) is 25.1 Å². The lowest BCUT2D eigenvalue weighted by Gasteiger charge is -2.24. The summed E-state index contributed by atoms with van der Waals surface area (Å²) < 4.78 is 1.74. The first-order valence-electron chi connectivity index (χ1n) is 6.14. The zero-order chi connectivity index (χ0) is 12.9. The Morgan fingerprint density at radius 3 is 2.76 bits per heavy atom. The topological polar surface area (TPSA) is 30.7 Å². The number of nitrogens with zero attached hydrogens (tertiary/aromatic N) is 3. The van der Waals surface area contributed by atoms with Gasteiger partial charge in [0.2, 0.25) is 0 Å². The van der Waals surface area contributed by atoms with Crippen LogP contribution in [-0.2, 0) is 12.5 Å². The van der Waals surface area contributed by atoms with Crippen molar-refractivity contribution in [2.45, 2.75) is 45.4 Å². The van der Waals surface area contributed by atoms with Crippen LogP contribution in [0.3, 0.4) is 0 Å². The summed E-state index contributed by atoms with van der Waals surface area (Å²) in [4.78, 5) is 4.33. The Balaban J connectivity index is 2.60. The molecule has 0 aliphatic rings. The molecule has 0 fully saturated rings. The predicted octanol–water partition coefficient (Wildman–Crippen LogP) is 3.40. The van der Waals surface area contributed by atoms with E-state index in [1.807, 2.05) is 7.05 Å². The van der Waals surface area contributed by atoms with E-state index in [9.17, 15) is 0 Å². The van der Waals surface area contributed by atoms with Gasteiger partial charge in [0, 0.05) is 12.5 Å². The summed E-state index contributed by atoms with van der Waals surface area (Å²) in [6.45, 7) is 10.5. The van der Waals surface area contributed by atoms with Crippen molar-refractivity contribution < 1.29 is 0 Å². The van der Waals surface area contributed by atoms with Gasteiger partial charge < -0.3 is 0 Å². The second-order valence-corrected chi connectivity index (χ2v) is 4.93. The van der Waals surface area contributed by atoms with Crippen molar-refractivity contribution in [1.29, 1.82) is 0 Å². The van der Waals surface area contributed by atoms with Crippen LogP contribution in [0.15, 0.2) is 30.6 Å². The molecule has 1 aromatic rings. The van der Waals surface area contributed by atoms with Gasteiger partial charge in [0.05, 0.1) is 0 Å². The van der Waals surface area contributed by atoms with Gasteiger partial charge in [-0.2, -0.15) is 5.10 Å². The molecule has 3 nitrogen and oxygen atoms in total. The second kappa shape index (κ2) is 5.80. The lowest BCUT2D eigenvalue weighted by molar-refractivity contribution is 0.541.